The molecule has 2 atom stereocenters. The number of ether oxygens (including phenoxy) is 1. The first-order valence-corrected chi connectivity index (χ1v) is 7.50. The van der Waals surface area contributed by atoms with Gasteiger partial charge in [-0.2, -0.15) is 0 Å². The number of rotatable bonds is 6. The van der Waals surface area contributed by atoms with E-state index in [1.165, 1.54) is 36.8 Å². The largest absolute Gasteiger partial charge is 0.493 e. The lowest BCUT2D eigenvalue weighted by Crippen LogP contribution is -2.04. The van der Waals surface area contributed by atoms with E-state index in [0.717, 1.165) is 30.6 Å². The minimum Gasteiger partial charge on any atom is -0.493 e. The van der Waals surface area contributed by atoms with E-state index in [4.69, 9.17) is 4.74 Å². The normalized spacial score (nSPS) is 17.1. The minimum atomic E-state index is 0.720. The molecule has 1 aromatic carbocycles. The quantitative estimate of drug-likeness (QED) is 0.690. The van der Waals surface area contributed by atoms with Crippen molar-refractivity contribution >= 4 is 0 Å². The third kappa shape index (κ3) is 3.07. The Labute approximate surface area is 112 Å². The Bertz CT molecular complexity index is 383. The predicted molar refractivity (Wildman–Crippen MR) is 77.4 cm³/mol. The van der Waals surface area contributed by atoms with Crippen LogP contribution >= 0.6 is 0 Å². The average Bonchev–Trinajstić information content (AvgIpc) is 2.83. The Hall–Kier alpha value is -0.980. The van der Waals surface area contributed by atoms with E-state index in [1.54, 1.807) is 0 Å². The van der Waals surface area contributed by atoms with Crippen molar-refractivity contribution < 1.29 is 4.74 Å². The number of benzene rings is 1. The Morgan fingerprint density at radius 3 is 2.83 bits per heavy atom. The molecule has 1 aliphatic heterocycles. The van der Waals surface area contributed by atoms with Crippen LogP contribution in [0, 0.1) is 5.92 Å². The van der Waals surface area contributed by atoms with Crippen LogP contribution < -0.4 is 4.74 Å². The molecule has 1 aliphatic rings. The van der Waals surface area contributed by atoms with E-state index in [0.29, 0.717) is 0 Å². The Morgan fingerprint density at radius 1 is 1.28 bits per heavy atom. The Morgan fingerprint density at radius 2 is 2.11 bits per heavy atom. The van der Waals surface area contributed by atoms with Crippen LogP contribution in [0.2, 0.25) is 0 Å². The first-order chi connectivity index (χ1) is 8.74. The maximum absolute atomic E-state index is 5.59. The monoisotopic (exact) mass is 246 g/mol. The van der Waals surface area contributed by atoms with Crippen molar-refractivity contribution in [2.45, 2.75) is 58.8 Å². The van der Waals surface area contributed by atoms with Gasteiger partial charge in [0.2, 0.25) is 0 Å². The van der Waals surface area contributed by atoms with Gasteiger partial charge in [-0.1, -0.05) is 45.7 Å². The SMILES string of the molecule is CCCC(C)CC(CC)c1ccc2c(c1)CCO2. The summed E-state index contributed by atoms with van der Waals surface area (Å²) in [5.41, 5.74) is 2.93. The summed E-state index contributed by atoms with van der Waals surface area (Å²) in [6.45, 7) is 7.85. The third-order valence-corrected chi connectivity index (χ3v) is 4.15. The fraction of sp³-hybridized carbons (Fsp3) is 0.647. The lowest BCUT2D eigenvalue weighted by molar-refractivity contribution is 0.356. The summed E-state index contributed by atoms with van der Waals surface area (Å²) in [5, 5.41) is 0. The highest BCUT2D eigenvalue weighted by molar-refractivity contribution is 5.40. The van der Waals surface area contributed by atoms with E-state index in [-0.39, 0.29) is 0 Å². The van der Waals surface area contributed by atoms with Crippen LogP contribution in [-0.2, 0) is 6.42 Å². The maximum Gasteiger partial charge on any atom is 0.122 e. The van der Waals surface area contributed by atoms with E-state index >= 15 is 0 Å². The highest BCUT2D eigenvalue weighted by Gasteiger charge is 2.17. The molecule has 0 bridgehead atoms. The van der Waals surface area contributed by atoms with Gasteiger partial charge in [-0.15, -0.1) is 0 Å². The van der Waals surface area contributed by atoms with Crippen LogP contribution in [0.3, 0.4) is 0 Å². The molecular formula is C17H26O. The summed E-state index contributed by atoms with van der Waals surface area (Å²) >= 11 is 0. The van der Waals surface area contributed by atoms with Crippen molar-refractivity contribution in [3.05, 3.63) is 29.3 Å². The van der Waals surface area contributed by atoms with Gasteiger partial charge in [0.25, 0.3) is 0 Å². The smallest absolute Gasteiger partial charge is 0.122 e. The molecule has 0 saturated carbocycles. The molecule has 1 heterocycles. The molecule has 0 aromatic heterocycles. The zero-order chi connectivity index (χ0) is 13.0. The van der Waals surface area contributed by atoms with Crippen molar-refractivity contribution in [3.8, 4) is 5.75 Å². The van der Waals surface area contributed by atoms with Gasteiger partial charge < -0.3 is 4.74 Å². The summed E-state index contributed by atoms with van der Waals surface area (Å²) in [5.74, 6) is 2.66. The molecule has 2 unspecified atom stereocenters. The van der Waals surface area contributed by atoms with E-state index in [1.807, 2.05) is 0 Å². The molecule has 0 radical (unpaired) electrons. The number of hydrogen-bond acceptors (Lipinski definition) is 1. The molecule has 0 saturated heterocycles. The first-order valence-electron chi connectivity index (χ1n) is 7.50. The third-order valence-electron chi connectivity index (χ3n) is 4.15. The second-order valence-corrected chi connectivity index (χ2v) is 5.70. The van der Waals surface area contributed by atoms with Gasteiger partial charge in [-0.05, 0) is 41.9 Å². The van der Waals surface area contributed by atoms with Crippen molar-refractivity contribution in [2.24, 2.45) is 5.92 Å². The van der Waals surface area contributed by atoms with E-state index in [2.05, 4.69) is 39.0 Å². The van der Waals surface area contributed by atoms with Crippen LogP contribution in [0.5, 0.6) is 5.75 Å². The molecule has 1 heteroatoms. The van der Waals surface area contributed by atoms with Crippen molar-refractivity contribution in [3.63, 3.8) is 0 Å². The lowest BCUT2D eigenvalue weighted by atomic mass is 9.85. The molecule has 0 amide bonds. The molecule has 0 fully saturated rings. The summed E-state index contributed by atoms with van der Waals surface area (Å²) in [7, 11) is 0. The van der Waals surface area contributed by atoms with Crippen molar-refractivity contribution in [1.82, 2.24) is 0 Å². The van der Waals surface area contributed by atoms with Gasteiger partial charge in [0.1, 0.15) is 5.75 Å². The second kappa shape index (κ2) is 6.26. The zero-order valence-corrected chi connectivity index (χ0v) is 12.0. The summed E-state index contributed by atoms with van der Waals surface area (Å²) in [6.07, 6.45) is 6.31. The molecule has 2 rings (SSSR count). The van der Waals surface area contributed by atoms with Crippen molar-refractivity contribution in [2.75, 3.05) is 6.61 Å². The van der Waals surface area contributed by atoms with Crippen LogP contribution in [-0.4, -0.2) is 6.61 Å². The highest BCUT2D eigenvalue weighted by Crippen LogP contribution is 2.33. The average molecular weight is 246 g/mol. The lowest BCUT2D eigenvalue weighted by Gasteiger charge is -2.20. The Kier molecular flexibility index (Phi) is 4.68. The predicted octanol–water partition coefficient (Wildman–Crippen LogP) is 4.94. The summed E-state index contributed by atoms with van der Waals surface area (Å²) < 4.78 is 5.59. The highest BCUT2D eigenvalue weighted by atomic mass is 16.5. The van der Waals surface area contributed by atoms with Gasteiger partial charge >= 0.3 is 0 Å². The standard InChI is InChI=1S/C17H26O/c1-4-6-13(3)11-14(5-2)15-7-8-17-16(12-15)9-10-18-17/h7-8,12-14H,4-6,9-11H2,1-3H3. The van der Waals surface area contributed by atoms with E-state index in [9.17, 15) is 0 Å². The molecule has 18 heavy (non-hydrogen) atoms. The Balaban J connectivity index is 2.07. The van der Waals surface area contributed by atoms with Crippen LogP contribution in [0.4, 0.5) is 0 Å². The van der Waals surface area contributed by atoms with Gasteiger partial charge in [-0.25, -0.2) is 0 Å². The van der Waals surface area contributed by atoms with Gasteiger partial charge in [-0.3, -0.25) is 0 Å². The van der Waals surface area contributed by atoms with Gasteiger partial charge in [0.05, 0.1) is 6.61 Å². The van der Waals surface area contributed by atoms with E-state index < -0.39 is 0 Å². The second-order valence-electron chi connectivity index (χ2n) is 5.70. The zero-order valence-electron chi connectivity index (χ0n) is 12.0. The summed E-state index contributed by atoms with van der Waals surface area (Å²) in [6, 6.07) is 6.83. The minimum absolute atomic E-state index is 0.720. The van der Waals surface area contributed by atoms with Crippen molar-refractivity contribution in [1.29, 1.82) is 0 Å². The molecule has 0 aliphatic carbocycles. The molecule has 0 spiro atoms. The fourth-order valence-corrected chi connectivity index (χ4v) is 3.10. The van der Waals surface area contributed by atoms with Crippen LogP contribution in [0.1, 0.15) is 63.5 Å². The number of hydrogen-bond donors (Lipinski definition) is 0. The molecular weight excluding hydrogens is 220 g/mol. The molecule has 1 nitrogen and oxygen atoms in total. The van der Waals surface area contributed by atoms with Gasteiger partial charge in [0, 0.05) is 6.42 Å². The molecule has 0 N–H and O–H groups in total. The summed E-state index contributed by atoms with van der Waals surface area (Å²) in [4.78, 5) is 0. The fourth-order valence-electron chi connectivity index (χ4n) is 3.10. The maximum atomic E-state index is 5.59. The van der Waals surface area contributed by atoms with Crippen LogP contribution in [0.25, 0.3) is 0 Å². The molecule has 1 aromatic rings. The van der Waals surface area contributed by atoms with Gasteiger partial charge in [0.15, 0.2) is 0 Å². The molecule has 100 valence electrons. The topological polar surface area (TPSA) is 9.23 Å². The number of fused-ring (bicyclic) bond motifs is 1. The van der Waals surface area contributed by atoms with Crippen LogP contribution in [0.15, 0.2) is 18.2 Å². The first kappa shape index (κ1) is 13.5.